The van der Waals surface area contributed by atoms with E-state index in [4.69, 9.17) is 14.2 Å². The average Bonchev–Trinajstić information content (AvgIpc) is 3.38. The van der Waals surface area contributed by atoms with Crippen molar-refractivity contribution < 1.29 is 23.8 Å². The van der Waals surface area contributed by atoms with Crippen molar-refractivity contribution in [1.29, 1.82) is 0 Å². The van der Waals surface area contributed by atoms with Crippen LogP contribution in [0.25, 0.3) is 17.0 Å². The number of aromatic nitrogens is 7. The molecular formula is C16H17N7O5. The smallest absolute Gasteiger partial charge is 0.303 e. The van der Waals surface area contributed by atoms with Gasteiger partial charge in [0.05, 0.1) is 6.33 Å². The lowest BCUT2D eigenvalue weighted by molar-refractivity contribution is -0.155. The van der Waals surface area contributed by atoms with Gasteiger partial charge in [0.25, 0.3) is 0 Å². The molecule has 0 unspecified atom stereocenters. The monoisotopic (exact) mass is 387 g/mol. The summed E-state index contributed by atoms with van der Waals surface area (Å²) >= 11 is 0. The molecule has 146 valence electrons. The van der Waals surface area contributed by atoms with Gasteiger partial charge in [-0.1, -0.05) is 0 Å². The van der Waals surface area contributed by atoms with E-state index < -0.39 is 30.4 Å². The number of imidazole rings is 1. The van der Waals surface area contributed by atoms with E-state index in [1.165, 1.54) is 32.8 Å². The highest BCUT2D eigenvalue weighted by Gasteiger charge is 2.40. The Morgan fingerprint density at radius 1 is 1.14 bits per heavy atom. The van der Waals surface area contributed by atoms with Gasteiger partial charge >= 0.3 is 11.9 Å². The summed E-state index contributed by atoms with van der Waals surface area (Å²) in [5.41, 5.74) is 1.08. The zero-order valence-electron chi connectivity index (χ0n) is 15.1. The van der Waals surface area contributed by atoms with E-state index in [0.29, 0.717) is 23.4 Å². The average molecular weight is 387 g/mol. The third-order valence-corrected chi connectivity index (χ3v) is 4.26. The lowest BCUT2D eigenvalue weighted by Gasteiger charge is -2.17. The third-order valence-electron chi connectivity index (χ3n) is 4.26. The van der Waals surface area contributed by atoms with Crippen molar-refractivity contribution in [3.8, 4) is 5.82 Å². The minimum absolute atomic E-state index is 0.0165. The zero-order valence-corrected chi connectivity index (χ0v) is 15.1. The Labute approximate surface area is 158 Å². The SMILES string of the molecule is CC(=O)OC[C@H]1O[C@@H](n2cnc3c(-n4cnnc4)ncnc32)C[C@@H]1OC(C)=O. The molecule has 0 aromatic carbocycles. The molecule has 4 heterocycles. The standard InChI is InChI=1S/C16H17N7O5/c1-9(24)26-4-12-11(27-10(2)25)3-13(28-12)23-6-19-14-15(17-5-18-16(14)23)22-7-20-21-8-22/h5-8,11-13H,3-4H2,1-2H3/t11-,12+,13+/m0/s1. The Kier molecular flexibility index (Phi) is 4.69. The number of hydrogen-bond acceptors (Lipinski definition) is 10. The van der Waals surface area contributed by atoms with Crippen LogP contribution in [0.4, 0.5) is 0 Å². The molecule has 12 heteroatoms. The first-order valence-electron chi connectivity index (χ1n) is 8.51. The fraction of sp³-hybridized carbons (Fsp3) is 0.438. The Morgan fingerprint density at radius 2 is 1.93 bits per heavy atom. The number of fused-ring (bicyclic) bond motifs is 1. The van der Waals surface area contributed by atoms with Crippen molar-refractivity contribution in [3.63, 3.8) is 0 Å². The van der Waals surface area contributed by atoms with Crippen LogP contribution in [0.3, 0.4) is 0 Å². The third kappa shape index (κ3) is 3.41. The summed E-state index contributed by atoms with van der Waals surface area (Å²) in [5, 5.41) is 7.55. The molecule has 0 spiro atoms. The number of ether oxygens (including phenoxy) is 3. The van der Waals surface area contributed by atoms with Crippen molar-refractivity contribution in [2.45, 2.75) is 38.7 Å². The number of esters is 2. The van der Waals surface area contributed by atoms with E-state index in [2.05, 4.69) is 25.1 Å². The predicted molar refractivity (Wildman–Crippen MR) is 91.0 cm³/mol. The summed E-state index contributed by atoms with van der Waals surface area (Å²) in [6.07, 6.45) is 4.73. The summed E-state index contributed by atoms with van der Waals surface area (Å²) in [6, 6.07) is 0. The molecular weight excluding hydrogens is 370 g/mol. The number of carbonyl (C=O) groups excluding carboxylic acids is 2. The maximum absolute atomic E-state index is 11.4. The molecule has 0 amide bonds. The first-order valence-corrected chi connectivity index (χ1v) is 8.51. The predicted octanol–water partition coefficient (Wildman–Crippen LogP) is 0.189. The second-order valence-electron chi connectivity index (χ2n) is 6.21. The molecule has 1 aliphatic rings. The lowest BCUT2D eigenvalue weighted by Crippen LogP contribution is -2.31. The second kappa shape index (κ2) is 7.31. The Hall–Kier alpha value is -3.41. The van der Waals surface area contributed by atoms with Gasteiger partial charge in [-0.05, 0) is 0 Å². The van der Waals surface area contributed by atoms with Gasteiger partial charge in [-0.15, -0.1) is 10.2 Å². The Bertz CT molecular complexity index is 1000. The van der Waals surface area contributed by atoms with E-state index >= 15 is 0 Å². The number of hydrogen-bond donors (Lipinski definition) is 0. The maximum atomic E-state index is 11.4. The van der Waals surface area contributed by atoms with Gasteiger partial charge in [-0.25, -0.2) is 15.0 Å². The van der Waals surface area contributed by atoms with Gasteiger partial charge in [0, 0.05) is 20.3 Å². The second-order valence-corrected chi connectivity index (χ2v) is 6.21. The molecule has 0 N–H and O–H groups in total. The number of nitrogens with zero attached hydrogens (tertiary/aromatic N) is 7. The Balaban J connectivity index is 1.63. The van der Waals surface area contributed by atoms with Crippen LogP contribution in [0, 0.1) is 0 Å². The van der Waals surface area contributed by atoms with Crippen LogP contribution < -0.4 is 0 Å². The quantitative estimate of drug-likeness (QED) is 0.558. The van der Waals surface area contributed by atoms with E-state index in [9.17, 15) is 9.59 Å². The van der Waals surface area contributed by atoms with Crippen molar-refractivity contribution in [1.82, 2.24) is 34.3 Å². The molecule has 3 aromatic heterocycles. The highest BCUT2D eigenvalue weighted by atomic mass is 16.6. The molecule has 3 aromatic rings. The zero-order chi connectivity index (χ0) is 19.7. The van der Waals surface area contributed by atoms with Crippen LogP contribution >= 0.6 is 0 Å². The lowest BCUT2D eigenvalue weighted by atomic mass is 10.2. The summed E-state index contributed by atoms with van der Waals surface area (Å²) < 4.78 is 19.7. The van der Waals surface area contributed by atoms with Gasteiger partial charge in [-0.3, -0.25) is 18.7 Å². The van der Waals surface area contributed by atoms with Gasteiger partial charge < -0.3 is 14.2 Å². The molecule has 0 saturated carbocycles. The molecule has 28 heavy (non-hydrogen) atoms. The topological polar surface area (TPSA) is 136 Å². The highest BCUT2D eigenvalue weighted by molar-refractivity contribution is 5.78. The van der Waals surface area contributed by atoms with Crippen LogP contribution in [0.1, 0.15) is 26.5 Å². The van der Waals surface area contributed by atoms with Crippen molar-refractivity contribution in [2.24, 2.45) is 0 Å². The molecule has 0 aliphatic carbocycles. The van der Waals surface area contributed by atoms with E-state index in [1.807, 2.05) is 0 Å². The molecule has 4 rings (SSSR count). The van der Waals surface area contributed by atoms with Crippen molar-refractivity contribution in [3.05, 3.63) is 25.3 Å². The first-order chi connectivity index (χ1) is 13.5. The van der Waals surface area contributed by atoms with E-state index in [-0.39, 0.29) is 6.61 Å². The van der Waals surface area contributed by atoms with E-state index in [0.717, 1.165) is 0 Å². The molecule has 3 atom stereocenters. The molecule has 12 nitrogen and oxygen atoms in total. The number of rotatable bonds is 5. The van der Waals surface area contributed by atoms with Gasteiger partial charge in [0.15, 0.2) is 17.0 Å². The van der Waals surface area contributed by atoms with Crippen LogP contribution in [-0.4, -0.2) is 65.0 Å². The fourth-order valence-corrected chi connectivity index (χ4v) is 3.11. The minimum atomic E-state index is -0.589. The van der Waals surface area contributed by atoms with Crippen molar-refractivity contribution in [2.75, 3.05) is 6.61 Å². The van der Waals surface area contributed by atoms with Gasteiger partial charge in [-0.2, -0.15) is 0 Å². The fourth-order valence-electron chi connectivity index (χ4n) is 3.11. The Morgan fingerprint density at radius 3 is 2.64 bits per heavy atom. The highest BCUT2D eigenvalue weighted by Crippen LogP contribution is 2.33. The van der Waals surface area contributed by atoms with Crippen LogP contribution in [0.5, 0.6) is 0 Å². The van der Waals surface area contributed by atoms with Crippen LogP contribution in [0.2, 0.25) is 0 Å². The van der Waals surface area contributed by atoms with Crippen molar-refractivity contribution >= 4 is 23.1 Å². The van der Waals surface area contributed by atoms with Crippen LogP contribution in [-0.2, 0) is 23.8 Å². The first kappa shape index (κ1) is 18.0. The number of carbonyl (C=O) groups is 2. The largest absolute Gasteiger partial charge is 0.463 e. The van der Waals surface area contributed by atoms with E-state index in [1.54, 1.807) is 15.5 Å². The minimum Gasteiger partial charge on any atom is -0.463 e. The maximum Gasteiger partial charge on any atom is 0.303 e. The summed E-state index contributed by atoms with van der Waals surface area (Å²) in [4.78, 5) is 35.5. The molecule has 1 aliphatic heterocycles. The molecule has 1 saturated heterocycles. The normalized spacial score (nSPS) is 21.7. The summed E-state index contributed by atoms with van der Waals surface area (Å²) in [6.45, 7) is 2.61. The summed E-state index contributed by atoms with van der Waals surface area (Å²) in [5.74, 6) is -0.345. The molecule has 0 bridgehead atoms. The molecule has 0 radical (unpaired) electrons. The molecule has 1 fully saturated rings. The van der Waals surface area contributed by atoms with Gasteiger partial charge in [0.1, 0.15) is 44.0 Å². The van der Waals surface area contributed by atoms with Gasteiger partial charge in [0.2, 0.25) is 0 Å². The van der Waals surface area contributed by atoms with Crippen LogP contribution in [0.15, 0.2) is 25.3 Å². The summed E-state index contributed by atoms with van der Waals surface area (Å²) in [7, 11) is 0.